The maximum atomic E-state index is 2.52. The number of hydrogen-bond donors (Lipinski definition) is 0. The molecule has 0 aliphatic rings. The molecule has 0 heterocycles. The average molecular weight is 787 g/mol. The van der Waals surface area contributed by atoms with E-state index < -0.39 is 0 Å². The van der Waals surface area contributed by atoms with Gasteiger partial charge in [-0.1, -0.05) is 133 Å². The lowest BCUT2D eigenvalue weighted by molar-refractivity contribution is 1.34. The van der Waals surface area contributed by atoms with Gasteiger partial charge in [-0.15, -0.1) is 0 Å². The Labute approximate surface area is 361 Å². The zero-order valence-electron chi connectivity index (χ0n) is 35.3. The van der Waals surface area contributed by atoms with Crippen molar-refractivity contribution in [3.8, 4) is 44.5 Å². The van der Waals surface area contributed by atoms with E-state index in [1.807, 2.05) is 0 Å². The van der Waals surface area contributed by atoms with Gasteiger partial charge in [0.1, 0.15) is 0 Å². The molecular formula is C62H42. The monoisotopic (exact) mass is 786 g/mol. The van der Waals surface area contributed by atoms with Gasteiger partial charge in [0.2, 0.25) is 0 Å². The molecule has 0 aliphatic heterocycles. The molecule has 0 N–H and O–H groups in total. The van der Waals surface area contributed by atoms with Crippen LogP contribution in [0.25, 0.3) is 131 Å². The predicted molar refractivity (Wildman–Crippen MR) is 270 cm³/mol. The van der Waals surface area contributed by atoms with Gasteiger partial charge in [-0.3, -0.25) is 0 Å². The number of fused-ring (bicyclic) bond motifs is 11. The summed E-state index contributed by atoms with van der Waals surface area (Å²) in [5.74, 6) is 0. The van der Waals surface area contributed by atoms with Crippen LogP contribution in [-0.4, -0.2) is 0 Å². The summed E-state index contributed by atoms with van der Waals surface area (Å²) in [5.41, 5.74) is 15.4. The molecule has 0 spiro atoms. The smallest absolute Gasteiger partial charge is 0.00195 e. The first kappa shape index (κ1) is 35.2. The molecule has 0 radical (unpaired) electrons. The maximum Gasteiger partial charge on any atom is -0.00195 e. The molecular weight excluding hydrogens is 745 g/mol. The zero-order valence-corrected chi connectivity index (χ0v) is 35.3. The Hall–Kier alpha value is -7.54. The van der Waals surface area contributed by atoms with Crippen LogP contribution >= 0.6 is 0 Å². The van der Waals surface area contributed by atoms with Crippen molar-refractivity contribution >= 4 is 86.2 Å². The zero-order chi connectivity index (χ0) is 41.4. The van der Waals surface area contributed by atoms with Crippen LogP contribution in [0.15, 0.2) is 182 Å². The normalized spacial score (nSPS) is 12.2. The molecule has 0 aromatic heterocycles. The first-order chi connectivity index (χ1) is 30.4. The van der Waals surface area contributed by atoms with Crippen LogP contribution in [-0.2, 0) is 0 Å². The Bertz CT molecular complexity index is 3720. The molecule has 13 aromatic carbocycles. The minimum atomic E-state index is 1.24. The molecule has 0 aliphatic carbocycles. The molecule has 0 saturated carbocycles. The SMILES string of the molecule is Cc1cccc(-c2ccc3c(c2)c2cc(-c4ccccc4)cc4c5ccc6c(cc7c8ccc(-c9cccc(C)c9C)cc8c8cc(-c9ccccc9)cc6c87)c5cc3c42)c1C. The Kier molecular flexibility index (Phi) is 7.38. The lowest BCUT2D eigenvalue weighted by Crippen LogP contribution is -1.86. The second kappa shape index (κ2) is 13.0. The van der Waals surface area contributed by atoms with E-state index in [0.29, 0.717) is 0 Å². The van der Waals surface area contributed by atoms with Crippen molar-refractivity contribution in [2.24, 2.45) is 0 Å². The Morgan fingerprint density at radius 2 is 0.532 bits per heavy atom. The highest BCUT2D eigenvalue weighted by molar-refractivity contribution is 6.41. The van der Waals surface area contributed by atoms with Crippen molar-refractivity contribution in [1.29, 1.82) is 0 Å². The van der Waals surface area contributed by atoms with Crippen molar-refractivity contribution in [3.63, 3.8) is 0 Å². The van der Waals surface area contributed by atoms with Gasteiger partial charge in [0.15, 0.2) is 0 Å². The largest absolute Gasteiger partial charge is 0.0622 e. The Balaban J connectivity index is 1.17. The summed E-state index contributed by atoms with van der Waals surface area (Å²) in [6.45, 7) is 8.93. The second-order valence-electron chi connectivity index (χ2n) is 17.7. The van der Waals surface area contributed by atoms with Gasteiger partial charge in [0, 0.05) is 0 Å². The van der Waals surface area contributed by atoms with Crippen LogP contribution in [0.5, 0.6) is 0 Å². The van der Waals surface area contributed by atoms with Crippen LogP contribution in [0.4, 0.5) is 0 Å². The summed E-state index contributed by atoms with van der Waals surface area (Å²) >= 11 is 0. The minimum absolute atomic E-state index is 1.24. The molecule has 0 fully saturated rings. The molecule has 0 heteroatoms. The van der Waals surface area contributed by atoms with Crippen LogP contribution < -0.4 is 0 Å². The Morgan fingerprint density at radius 1 is 0.210 bits per heavy atom. The number of hydrogen-bond acceptors (Lipinski definition) is 0. The van der Waals surface area contributed by atoms with E-state index in [0.717, 1.165) is 0 Å². The van der Waals surface area contributed by atoms with Gasteiger partial charge in [-0.25, -0.2) is 0 Å². The van der Waals surface area contributed by atoms with E-state index >= 15 is 0 Å². The van der Waals surface area contributed by atoms with Crippen molar-refractivity contribution in [3.05, 3.63) is 204 Å². The first-order valence-electron chi connectivity index (χ1n) is 21.9. The lowest BCUT2D eigenvalue weighted by Gasteiger charge is -2.14. The summed E-state index contributed by atoms with van der Waals surface area (Å²) in [6.07, 6.45) is 0. The summed E-state index contributed by atoms with van der Waals surface area (Å²) in [4.78, 5) is 0. The third-order valence-corrected chi connectivity index (χ3v) is 14.5. The van der Waals surface area contributed by atoms with Gasteiger partial charge >= 0.3 is 0 Å². The van der Waals surface area contributed by atoms with Crippen molar-refractivity contribution in [2.75, 3.05) is 0 Å². The quantitative estimate of drug-likeness (QED) is 0.156. The molecule has 13 aromatic rings. The summed E-state index contributed by atoms with van der Waals surface area (Å²) in [6, 6.07) is 69.2. The molecule has 290 valence electrons. The van der Waals surface area contributed by atoms with Crippen molar-refractivity contribution in [1.82, 2.24) is 0 Å². The van der Waals surface area contributed by atoms with Crippen LogP contribution in [0.3, 0.4) is 0 Å². The number of benzene rings is 11. The highest BCUT2D eigenvalue weighted by Gasteiger charge is 2.22. The fourth-order valence-corrected chi connectivity index (χ4v) is 11.1. The van der Waals surface area contributed by atoms with Crippen LogP contribution in [0, 0.1) is 27.7 Å². The molecule has 0 atom stereocenters. The van der Waals surface area contributed by atoms with E-state index in [-0.39, 0.29) is 0 Å². The van der Waals surface area contributed by atoms with E-state index in [4.69, 9.17) is 0 Å². The highest BCUT2D eigenvalue weighted by atomic mass is 14.2. The number of rotatable bonds is 4. The molecule has 0 unspecified atom stereocenters. The molecule has 0 nitrogen and oxygen atoms in total. The fraction of sp³-hybridized carbons (Fsp3) is 0.0645. The third-order valence-electron chi connectivity index (χ3n) is 14.5. The maximum absolute atomic E-state index is 2.52. The molecule has 0 amide bonds. The van der Waals surface area contributed by atoms with E-state index in [2.05, 4.69) is 210 Å². The Morgan fingerprint density at radius 3 is 0.935 bits per heavy atom. The predicted octanol–water partition coefficient (Wildman–Crippen LogP) is 17.7. The van der Waals surface area contributed by atoms with Crippen molar-refractivity contribution in [2.45, 2.75) is 27.7 Å². The second-order valence-corrected chi connectivity index (χ2v) is 17.7. The molecule has 0 bridgehead atoms. The van der Waals surface area contributed by atoms with Crippen LogP contribution in [0.1, 0.15) is 22.3 Å². The van der Waals surface area contributed by atoms with E-state index in [1.165, 1.54) is 153 Å². The van der Waals surface area contributed by atoms with Gasteiger partial charge < -0.3 is 0 Å². The highest BCUT2D eigenvalue weighted by Crippen LogP contribution is 2.50. The van der Waals surface area contributed by atoms with Gasteiger partial charge in [0.05, 0.1) is 0 Å². The first-order valence-corrected chi connectivity index (χ1v) is 21.9. The van der Waals surface area contributed by atoms with E-state index in [1.54, 1.807) is 0 Å². The molecule has 13 rings (SSSR count). The summed E-state index contributed by atoms with van der Waals surface area (Å²) < 4.78 is 0. The third kappa shape index (κ3) is 4.95. The average Bonchev–Trinajstić information content (AvgIpc) is 3.80. The van der Waals surface area contributed by atoms with Crippen LogP contribution in [0.2, 0.25) is 0 Å². The van der Waals surface area contributed by atoms with Crippen molar-refractivity contribution < 1.29 is 0 Å². The van der Waals surface area contributed by atoms with Gasteiger partial charge in [-0.2, -0.15) is 0 Å². The minimum Gasteiger partial charge on any atom is -0.0622 e. The summed E-state index contributed by atoms with van der Waals surface area (Å²) in [5, 5.41) is 21.1. The van der Waals surface area contributed by atoms with Gasteiger partial charge in [0.25, 0.3) is 0 Å². The lowest BCUT2D eigenvalue weighted by atomic mass is 9.89. The van der Waals surface area contributed by atoms with Gasteiger partial charge in [-0.05, 0) is 229 Å². The fourth-order valence-electron chi connectivity index (χ4n) is 11.1. The molecule has 0 saturated heterocycles. The molecule has 62 heavy (non-hydrogen) atoms. The topological polar surface area (TPSA) is 0 Å². The summed E-state index contributed by atoms with van der Waals surface area (Å²) in [7, 11) is 0. The standard InChI is InChI=1S/C62H42/c1-35-13-11-19-45(37(35)3)41-21-23-47-51(27-41)57-31-43(39-15-7-5-8-16-39)29-55-49-25-26-50-54(53(49)33-59(47)61(55)57)34-60-48-24-22-42(46-20-12-14-36(2)38(46)4)28-52(48)58-32-44(30-56(50)62(58)60)40-17-9-6-10-18-40/h5-34H,1-4H3. The van der Waals surface area contributed by atoms with E-state index in [9.17, 15) is 0 Å². The number of aryl methyl sites for hydroxylation is 2.